The Kier molecular flexibility index (Phi) is 6.81. The van der Waals surface area contributed by atoms with Crippen molar-refractivity contribution in [2.45, 2.75) is 76.1 Å². The molecule has 0 saturated heterocycles. The SMILES string of the molecule is CC(C)NC(=S)N(Cc1cnc(S(=O)(=O)Cc2ccc(F)cc2)n1C(C)C)C1CC1. The maximum Gasteiger partial charge on any atom is 0.228 e. The van der Waals surface area contributed by atoms with E-state index in [9.17, 15) is 12.8 Å². The Morgan fingerprint density at radius 3 is 2.43 bits per heavy atom. The summed E-state index contributed by atoms with van der Waals surface area (Å²) in [5.41, 5.74) is 1.33. The van der Waals surface area contributed by atoms with Gasteiger partial charge in [0.15, 0.2) is 5.11 Å². The number of nitrogens with one attached hydrogen (secondary N) is 1. The summed E-state index contributed by atoms with van der Waals surface area (Å²) < 4.78 is 41.2. The van der Waals surface area contributed by atoms with Crippen molar-refractivity contribution in [3.63, 3.8) is 0 Å². The van der Waals surface area contributed by atoms with Crippen LogP contribution in [0, 0.1) is 5.82 Å². The fourth-order valence-corrected chi connectivity index (χ4v) is 5.45. The van der Waals surface area contributed by atoms with E-state index in [1.807, 2.05) is 27.7 Å². The van der Waals surface area contributed by atoms with Crippen molar-refractivity contribution < 1.29 is 12.8 Å². The van der Waals surface area contributed by atoms with Crippen LogP contribution in [0.25, 0.3) is 0 Å². The maximum absolute atomic E-state index is 13.2. The molecule has 9 heteroatoms. The summed E-state index contributed by atoms with van der Waals surface area (Å²) in [4.78, 5) is 6.41. The van der Waals surface area contributed by atoms with E-state index in [2.05, 4.69) is 15.2 Å². The van der Waals surface area contributed by atoms with E-state index in [-0.39, 0.29) is 23.0 Å². The van der Waals surface area contributed by atoms with Crippen LogP contribution >= 0.6 is 12.2 Å². The minimum Gasteiger partial charge on any atom is -0.360 e. The zero-order chi connectivity index (χ0) is 22.1. The van der Waals surface area contributed by atoms with Crippen LogP contribution in [0.15, 0.2) is 35.6 Å². The molecule has 1 heterocycles. The van der Waals surface area contributed by atoms with Crippen molar-refractivity contribution in [1.82, 2.24) is 19.8 Å². The fourth-order valence-electron chi connectivity index (χ4n) is 3.40. The third kappa shape index (κ3) is 5.37. The highest BCUT2D eigenvalue weighted by molar-refractivity contribution is 7.90. The van der Waals surface area contributed by atoms with E-state index in [1.165, 1.54) is 24.3 Å². The monoisotopic (exact) mass is 452 g/mol. The highest BCUT2D eigenvalue weighted by Crippen LogP contribution is 2.30. The molecule has 0 aliphatic heterocycles. The molecule has 1 aromatic carbocycles. The summed E-state index contributed by atoms with van der Waals surface area (Å²) in [7, 11) is -3.70. The Bertz CT molecular complexity index is 997. The molecule has 2 aromatic rings. The van der Waals surface area contributed by atoms with Crippen molar-refractivity contribution in [2.24, 2.45) is 0 Å². The zero-order valence-electron chi connectivity index (χ0n) is 17.8. The van der Waals surface area contributed by atoms with Gasteiger partial charge in [0.2, 0.25) is 15.0 Å². The molecule has 0 unspecified atom stereocenters. The largest absolute Gasteiger partial charge is 0.360 e. The summed E-state index contributed by atoms with van der Waals surface area (Å²) in [5.74, 6) is -0.621. The van der Waals surface area contributed by atoms with Crippen LogP contribution in [0.2, 0.25) is 0 Å². The van der Waals surface area contributed by atoms with Crippen LogP contribution in [-0.2, 0) is 22.1 Å². The molecule has 0 amide bonds. The number of thiocarbonyl (C=S) groups is 1. The number of nitrogens with zero attached hydrogens (tertiary/aromatic N) is 3. The molecule has 30 heavy (non-hydrogen) atoms. The number of sulfone groups is 1. The number of hydrogen-bond donors (Lipinski definition) is 1. The van der Waals surface area contributed by atoms with E-state index < -0.39 is 15.7 Å². The van der Waals surface area contributed by atoms with Crippen LogP contribution in [0.1, 0.15) is 57.8 Å². The Labute approximate surface area is 183 Å². The smallest absolute Gasteiger partial charge is 0.228 e. The average Bonchev–Trinajstić information content (AvgIpc) is 3.38. The van der Waals surface area contributed by atoms with Gasteiger partial charge in [0.1, 0.15) is 5.82 Å². The van der Waals surface area contributed by atoms with Crippen molar-refractivity contribution in [1.29, 1.82) is 0 Å². The summed E-state index contributed by atoms with van der Waals surface area (Å²) in [5, 5.41) is 4.00. The van der Waals surface area contributed by atoms with Gasteiger partial charge in [-0.25, -0.2) is 17.8 Å². The van der Waals surface area contributed by atoms with Crippen LogP contribution in [0.4, 0.5) is 4.39 Å². The maximum atomic E-state index is 13.2. The Morgan fingerprint density at radius 2 is 1.90 bits per heavy atom. The molecule has 0 bridgehead atoms. The summed E-state index contributed by atoms with van der Waals surface area (Å²) in [6.45, 7) is 8.45. The highest BCUT2D eigenvalue weighted by atomic mass is 32.2. The van der Waals surface area contributed by atoms with Gasteiger partial charge in [-0.2, -0.15) is 0 Å². The lowest BCUT2D eigenvalue weighted by Crippen LogP contribution is -2.43. The first kappa shape index (κ1) is 22.7. The lowest BCUT2D eigenvalue weighted by molar-refractivity contribution is 0.369. The second-order valence-electron chi connectivity index (χ2n) is 8.34. The Balaban J connectivity index is 1.89. The van der Waals surface area contributed by atoms with E-state index in [4.69, 9.17) is 12.2 Å². The topological polar surface area (TPSA) is 67.2 Å². The summed E-state index contributed by atoms with van der Waals surface area (Å²) in [6, 6.07) is 6.01. The summed E-state index contributed by atoms with van der Waals surface area (Å²) in [6.07, 6.45) is 3.78. The predicted octanol–water partition coefficient (Wildman–Crippen LogP) is 3.82. The molecule has 1 saturated carbocycles. The highest BCUT2D eigenvalue weighted by Gasteiger charge is 2.33. The molecule has 3 rings (SSSR count). The fraction of sp³-hybridized carbons (Fsp3) is 0.524. The number of halogens is 1. The Morgan fingerprint density at radius 1 is 1.27 bits per heavy atom. The number of aromatic nitrogens is 2. The van der Waals surface area contributed by atoms with Gasteiger partial charge in [0.05, 0.1) is 24.2 Å². The van der Waals surface area contributed by atoms with Gasteiger partial charge in [-0.05, 0) is 70.5 Å². The van der Waals surface area contributed by atoms with Gasteiger partial charge < -0.3 is 14.8 Å². The van der Waals surface area contributed by atoms with Gasteiger partial charge in [0, 0.05) is 18.1 Å². The molecular formula is C21H29FN4O2S2. The second kappa shape index (κ2) is 9.01. The molecule has 0 spiro atoms. The van der Waals surface area contributed by atoms with E-state index in [1.54, 1.807) is 10.8 Å². The Hall–Kier alpha value is -2.00. The van der Waals surface area contributed by atoms with E-state index >= 15 is 0 Å². The van der Waals surface area contributed by atoms with Gasteiger partial charge in [-0.1, -0.05) is 12.1 Å². The van der Waals surface area contributed by atoms with Crippen LogP contribution in [0.5, 0.6) is 0 Å². The third-order valence-electron chi connectivity index (χ3n) is 4.90. The average molecular weight is 453 g/mol. The van der Waals surface area contributed by atoms with Crippen LogP contribution < -0.4 is 5.32 Å². The standard InChI is InChI=1S/C21H29FN4O2S2/c1-14(2)24-20(29)25(18-9-10-18)12-19-11-23-21(26(19)15(3)4)30(27,28)13-16-5-7-17(22)8-6-16/h5-8,11,14-15,18H,9-10,12-13H2,1-4H3,(H,24,29). The zero-order valence-corrected chi connectivity index (χ0v) is 19.4. The normalized spacial score (nSPS) is 14.4. The second-order valence-corrected chi connectivity index (χ2v) is 10.6. The number of benzene rings is 1. The lowest BCUT2D eigenvalue weighted by atomic mass is 10.2. The van der Waals surface area contributed by atoms with E-state index in [0.29, 0.717) is 23.3 Å². The number of imidazole rings is 1. The molecule has 1 N–H and O–H groups in total. The molecule has 0 radical (unpaired) electrons. The first-order chi connectivity index (χ1) is 14.1. The first-order valence-electron chi connectivity index (χ1n) is 10.2. The molecule has 0 atom stereocenters. The van der Waals surface area contributed by atoms with Crippen molar-refractivity contribution in [3.8, 4) is 0 Å². The molecule has 6 nitrogen and oxygen atoms in total. The van der Waals surface area contributed by atoms with Crippen molar-refractivity contribution in [3.05, 3.63) is 47.5 Å². The predicted molar refractivity (Wildman–Crippen MR) is 119 cm³/mol. The number of rotatable bonds is 8. The van der Waals surface area contributed by atoms with Gasteiger partial charge in [-0.15, -0.1) is 0 Å². The molecule has 1 aliphatic rings. The van der Waals surface area contributed by atoms with Crippen molar-refractivity contribution >= 4 is 27.2 Å². The molecule has 1 aliphatic carbocycles. The minimum absolute atomic E-state index is 0.0373. The number of hydrogen-bond acceptors (Lipinski definition) is 4. The minimum atomic E-state index is -3.70. The molecule has 164 valence electrons. The van der Waals surface area contributed by atoms with E-state index in [0.717, 1.165) is 18.5 Å². The summed E-state index contributed by atoms with van der Waals surface area (Å²) >= 11 is 5.59. The van der Waals surface area contributed by atoms with Crippen LogP contribution in [-0.4, -0.2) is 40.1 Å². The van der Waals surface area contributed by atoms with Crippen LogP contribution in [0.3, 0.4) is 0 Å². The molecule has 1 aromatic heterocycles. The van der Waals surface area contributed by atoms with Crippen molar-refractivity contribution in [2.75, 3.05) is 0 Å². The molecule has 1 fully saturated rings. The third-order valence-corrected chi connectivity index (χ3v) is 6.82. The van der Waals surface area contributed by atoms with Gasteiger partial charge >= 0.3 is 0 Å². The first-order valence-corrected chi connectivity index (χ1v) is 12.2. The van der Waals surface area contributed by atoms with Gasteiger partial charge in [0.25, 0.3) is 0 Å². The quantitative estimate of drug-likeness (QED) is 0.614. The molecular weight excluding hydrogens is 423 g/mol. The van der Waals surface area contributed by atoms with Gasteiger partial charge in [-0.3, -0.25) is 0 Å². The lowest BCUT2D eigenvalue weighted by Gasteiger charge is -2.28.